The van der Waals surface area contributed by atoms with Crippen LogP contribution in [0.1, 0.15) is 48.6 Å². The fourth-order valence-corrected chi connectivity index (χ4v) is 5.27. The first-order valence-corrected chi connectivity index (χ1v) is 14.4. The van der Waals surface area contributed by atoms with Crippen molar-refractivity contribution in [2.45, 2.75) is 19.9 Å². The Morgan fingerprint density at radius 1 is 0.814 bits per heavy atom. The highest BCUT2D eigenvalue weighted by Crippen LogP contribution is 2.28. The van der Waals surface area contributed by atoms with Crippen LogP contribution in [0.5, 0.6) is 0 Å². The maximum absolute atomic E-state index is 13.9. The van der Waals surface area contributed by atoms with Gasteiger partial charge in [0.2, 0.25) is 0 Å². The molecule has 0 radical (unpaired) electrons. The van der Waals surface area contributed by atoms with Crippen molar-refractivity contribution in [1.82, 2.24) is 9.80 Å². The van der Waals surface area contributed by atoms with Crippen molar-refractivity contribution in [3.05, 3.63) is 131 Å². The smallest absolute Gasteiger partial charge is 0.256 e. The summed E-state index contributed by atoms with van der Waals surface area (Å²) in [5, 5.41) is 2.81. The van der Waals surface area contributed by atoms with E-state index >= 15 is 0 Å². The quantitative estimate of drug-likeness (QED) is 0.292. The van der Waals surface area contributed by atoms with E-state index in [1.807, 2.05) is 72.5 Å². The number of rotatable bonds is 7. The Kier molecular flexibility index (Phi) is 9.15. The van der Waals surface area contributed by atoms with Crippen molar-refractivity contribution >= 4 is 29.1 Å². The molecule has 0 saturated carbocycles. The number of amides is 3. The summed E-state index contributed by atoms with van der Waals surface area (Å²) in [6.07, 6.45) is 0.739. The molecular weight excluding hydrogens is 543 g/mol. The summed E-state index contributed by atoms with van der Waals surface area (Å²) in [4.78, 5) is 45.6. The predicted octanol–water partition coefficient (Wildman–Crippen LogP) is 6.01. The minimum atomic E-state index is -0.502. The van der Waals surface area contributed by atoms with Crippen LogP contribution in [0.25, 0.3) is 0 Å². The highest BCUT2D eigenvalue weighted by Gasteiger charge is 2.25. The van der Waals surface area contributed by atoms with Crippen molar-refractivity contribution in [2.24, 2.45) is 0 Å². The van der Waals surface area contributed by atoms with E-state index in [1.54, 1.807) is 24.1 Å². The maximum atomic E-state index is 13.9. The van der Waals surface area contributed by atoms with Crippen LogP contribution in [-0.4, -0.2) is 60.7 Å². The van der Waals surface area contributed by atoms with Gasteiger partial charge in [0.1, 0.15) is 5.82 Å². The second kappa shape index (κ2) is 13.3. The number of aryl methyl sites for hydroxylation is 1. The Hall–Kier alpha value is -4.98. The Labute approximate surface area is 251 Å². The summed E-state index contributed by atoms with van der Waals surface area (Å²) in [5.41, 5.74) is 4.55. The number of halogens is 1. The lowest BCUT2D eigenvalue weighted by atomic mass is 10.1. The van der Waals surface area contributed by atoms with Crippen LogP contribution in [0.3, 0.4) is 0 Å². The molecule has 0 spiro atoms. The molecule has 0 atom stereocenters. The van der Waals surface area contributed by atoms with Crippen LogP contribution in [-0.2, 0) is 6.54 Å². The van der Waals surface area contributed by atoms with Crippen molar-refractivity contribution in [2.75, 3.05) is 43.4 Å². The van der Waals surface area contributed by atoms with Crippen LogP contribution in [0.2, 0.25) is 0 Å². The Bertz CT molecular complexity index is 1610. The van der Waals surface area contributed by atoms with E-state index in [1.165, 1.54) is 24.3 Å². The normalized spacial score (nSPS) is 13.3. The van der Waals surface area contributed by atoms with E-state index in [4.69, 9.17) is 0 Å². The molecule has 1 heterocycles. The van der Waals surface area contributed by atoms with Crippen molar-refractivity contribution in [3.63, 3.8) is 0 Å². The predicted molar refractivity (Wildman–Crippen MR) is 167 cm³/mol. The molecule has 1 N–H and O–H groups in total. The minimum absolute atomic E-state index is 0.00356. The van der Waals surface area contributed by atoms with Crippen LogP contribution in [0, 0.1) is 12.7 Å². The van der Waals surface area contributed by atoms with E-state index in [9.17, 15) is 18.8 Å². The molecule has 0 unspecified atom stereocenters. The van der Waals surface area contributed by atoms with Gasteiger partial charge in [0.25, 0.3) is 17.7 Å². The standard InChI is InChI=1S/C35H35FN4O3/c1-25-12-14-27(15-13-25)34(42)40-19-7-18-39(20-21-40)32-17-16-30(37-33(41)28-10-6-11-29(36)22-28)23-31(32)35(43)38(2)24-26-8-4-3-5-9-26/h3-6,8-17,22-23H,7,18-21,24H2,1-2H3,(H,37,41). The summed E-state index contributed by atoms with van der Waals surface area (Å²) < 4.78 is 13.7. The fourth-order valence-electron chi connectivity index (χ4n) is 5.27. The number of anilines is 2. The molecule has 0 aliphatic carbocycles. The molecule has 0 bridgehead atoms. The average molecular weight is 579 g/mol. The molecule has 7 nitrogen and oxygen atoms in total. The number of hydrogen-bond donors (Lipinski definition) is 1. The van der Waals surface area contributed by atoms with E-state index in [-0.39, 0.29) is 17.4 Å². The van der Waals surface area contributed by atoms with Crippen LogP contribution in [0.4, 0.5) is 15.8 Å². The SMILES string of the molecule is Cc1ccc(C(=O)N2CCCN(c3ccc(NC(=O)c4cccc(F)c4)cc3C(=O)N(C)Cc3ccccc3)CC2)cc1. The third-order valence-corrected chi connectivity index (χ3v) is 7.60. The Balaban J connectivity index is 1.39. The minimum Gasteiger partial charge on any atom is -0.369 e. The Morgan fingerprint density at radius 3 is 2.33 bits per heavy atom. The van der Waals surface area contributed by atoms with Gasteiger partial charge in [-0.2, -0.15) is 0 Å². The summed E-state index contributed by atoms with van der Waals surface area (Å²) >= 11 is 0. The van der Waals surface area contributed by atoms with Gasteiger partial charge in [-0.05, 0) is 67.4 Å². The lowest BCUT2D eigenvalue weighted by Crippen LogP contribution is -2.36. The highest BCUT2D eigenvalue weighted by atomic mass is 19.1. The van der Waals surface area contributed by atoms with Gasteiger partial charge in [0, 0.05) is 62.3 Å². The van der Waals surface area contributed by atoms with Crippen molar-refractivity contribution < 1.29 is 18.8 Å². The summed E-state index contributed by atoms with van der Waals surface area (Å²) in [6, 6.07) is 28.1. The maximum Gasteiger partial charge on any atom is 0.256 e. The molecule has 0 aromatic heterocycles. The van der Waals surface area contributed by atoms with Gasteiger partial charge in [-0.1, -0.05) is 54.1 Å². The molecule has 1 aliphatic heterocycles. The topological polar surface area (TPSA) is 73.0 Å². The second-order valence-corrected chi connectivity index (χ2v) is 10.8. The molecule has 3 amide bonds. The third-order valence-electron chi connectivity index (χ3n) is 7.60. The van der Waals surface area contributed by atoms with E-state index in [2.05, 4.69) is 10.2 Å². The summed E-state index contributed by atoms with van der Waals surface area (Å²) in [7, 11) is 1.75. The monoisotopic (exact) mass is 578 g/mol. The number of hydrogen-bond acceptors (Lipinski definition) is 4. The van der Waals surface area contributed by atoms with Gasteiger partial charge in [0.15, 0.2) is 0 Å². The number of benzene rings is 4. The molecule has 220 valence electrons. The zero-order valence-corrected chi connectivity index (χ0v) is 24.4. The number of nitrogens with zero attached hydrogens (tertiary/aromatic N) is 3. The zero-order valence-electron chi connectivity index (χ0n) is 24.4. The van der Waals surface area contributed by atoms with Crippen molar-refractivity contribution in [1.29, 1.82) is 0 Å². The molecule has 1 fully saturated rings. The molecule has 43 heavy (non-hydrogen) atoms. The fraction of sp³-hybridized carbons (Fsp3) is 0.229. The van der Waals surface area contributed by atoms with Crippen molar-refractivity contribution in [3.8, 4) is 0 Å². The van der Waals surface area contributed by atoms with Crippen LogP contribution < -0.4 is 10.2 Å². The van der Waals surface area contributed by atoms with E-state index < -0.39 is 11.7 Å². The molecule has 8 heteroatoms. The molecule has 1 aliphatic rings. The van der Waals surface area contributed by atoms with Gasteiger partial charge >= 0.3 is 0 Å². The van der Waals surface area contributed by atoms with Crippen LogP contribution in [0.15, 0.2) is 97.1 Å². The first-order valence-electron chi connectivity index (χ1n) is 14.4. The van der Waals surface area contributed by atoms with E-state index in [0.29, 0.717) is 49.5 Å². The summed E-state index contributed by atoms with van der Waals surface area (Å²) in [5.74, 6) is -1.17. The molecule has 4 aromatic rings. The van der Waals surface area contributed by atoms with Gasteiger partial charge in [-0.3, -0.25) is 14.4 Å². The Morgan fingerprint density at radius 2 is 1.58 bits per heavy atom. The number of carbonyl (C=O) groups is 3. The molecule has 1 saturated heterocycles. The number of nitrogens with one attached hydrogen (secondary N) is 1. The number of carbonyl (C=O) groups excluding carboxylic acids is 3. The molecule has 5 rings (SSSR count). The zero-order chi connectivity index (χ0) is 30.3. The molecular formula is C35H35FN4O3. The van der Waals surface area contributed by atoms with Gasteiger partial charge in [-0.15, -0.1) is 0 Å². The van der Waals surface area contributed by atoms with Gasteiger partial charge in [-0.25, -0.2) is 4.39 Å². The second-order valence-electron chi connectivity index (χ2n) is 10.8. The third kappa shape index (κ3) is 7.27. The first kappa shape index (κ1) is 29.5. The van der Waals surface area contributed by atoms with Gasteiger partial charge < -0.3 is 20.0 Å². The molecule has 4 aromatic carbocycles. The first-order chi connectivity index (χ1) is 20.8. The lowest BCUT2D eigenvalue weighted by molar-refractivity contribution is 0.0763. The van der Waals surface area contributed by atoms with E-state index in [0.717, 1.165) is 23.2 Å². The van der Waals surface area contributed by atoms with Gasteiger partial charge in [0.05, 0.1) is 5.56 Å². The summed E-state index contributed by atoms with van der Waals surface area (Å²) in [6.45, 7) is 4.75. The average Bonchev–Trinajstić information content (AvgIpc) is 3.27. The highest BCUT2D eigenvalue weighted by molar-refractivity contribution is 6.06. The lowest BCUT2D eigenvalue weighted by Gasteiger charge is -2.28. The van der Waals surface area contributed by atoms with Crippen LogP contribution >= 0.6 is 0 Å². The largest absolute Gasteiger partial charge is 0.369 e.